The fraction of sp³-hybridized carbons (Fsp3) is 0.538. The van der Waals surface area contributed by atoms with Crippen LogP contribution >= 0.6 is 11.6 Å². The lowest BCUT2D eigenvalue weighted by Gasteiger charge is -2.26. The maximum Gasteiger partial charge on any atom is 0.292 e. The van der Waals surface area contributed by atoms with Crippen LogP contribution in [-0.4, -0.2) is 18.0 Å². The van der Waals surface area contributed by atoms with E-state index in [2.05, 4.69) is 6.92 Å². The van der Waals surface area contributed by atoms with Gasteiger partial charge < -0.3 is 4.90 Å². The van der Waals surface area contributed by atoms with E-state index in [9.17, 15) is 10.1 Å². The predicted octanol–water partition coefficient (Wildman–Crippen LogP) is 3.57. The van der Waals surface area contributed by atoms with Crippen LogP contribution in [0.4, 0.5) is 11.4 Å². The van der Waals surface area contributed by atoms with Crippen LogP contribution in [0.25, 0.3) is 0 Å². The molecule has 0 heterocycles. The summed E-state index contributed by atoms with van der Waals surface area (Å²) in [7, 11) is 1.92. The lowest BCUT2D eigenvalue weighted by atomic mass is 10.1. The highest BCUT2D eigenvalue weighted by Crippen LogP contribution is 2.38. The van der Waals surface area contributed by atoms with Crippen molar-refractivity contribution in [2.24, 2.45) is 5.92 Å². The molecule has 98 valence electrons. The standard InChI is InChI=1S/C13H17ClN2O2/c1-9(11-4-5-11)15(2)12-6-3-10(8-14)7-13(12)16(17)18/h3,6-7,9,11H,4-5,8H2,1-2H3. The van der Waals surface area contributed by atoms with Crippen molar-refractivity contribution in [2.75, 3.05) is 11.9 Å². The van der Waals surface area contributed by atoms with Crippen LogP contribution in [0.5, 0.6) is 0 Å². The Hall–Kier alpha value is -1.29. The molecule has 2 rings (SSSR count). The molecule has 1 saturated carbocycles. The maximum absolute atomic E-state index is 11.1. The van der Waals surface area contributed by atoms with E-state index in [0.717, 1.165) is 5.56 Å². The summed E-state index contributed by atoms with van der Waals surface area (Å²) in [5.41, 5.74) is 1.59. The summed E-state index contributed by atoms with van der Waals surface area (Å²) in [6, 6.07) is 5.56. The topological polar surface area (TPSA) is 46.4 Å². The number of nitro benzene ring substituents is 1. The summed E-state index contributed by atoms with van der Waals surface area (Å²) in [4.78, 5) is 12.8. The zero-order valence-corrected chi connectivity index (χ0v) is 11.4. The number of nitro groups is 1. The lowest BCUT2D eigenvalue weighted by molar-refractivity contribution is -0.384. The Morgan fingerprint density at radius 2 is 2.22 bits per heavy atom. The Bertz CT molecular complexity index is 460. The van der Waals surface area contributed by atoms with Crippen molar-refractivity contribution in [2.45, 2.75) is 31.7 Å². The fourth-order valence-corrected chi connectivity index (χ4v) is 2.38. The Morgan fingerprint density at radius 3 is 2.72 bits per heavy atom. The zero-order valence-electron chi connectivity index (χ0n) is 10.6. The highest BCUT2D eigenvalue weighted by atomic mass is 35.5. The number of anilines is 1. The molecule has 0 amide bonds. The fourth-order valence-electron chi connectivity index (χ4n) is 2.21. The second kappa shape index (κ2) is 5.14. The van der Waals surface area contributed by atoms with E-state index in [1.54, 1.807) is 12.1 Å². The molecule has 1 aliphatic carbocycles. The average Bonchev–Trinajstić information content (AvgIpc) is 3.20. The molecule has 1 atom stereocenters. The van der Waals surface area contributed by atoms with E-state index < -0.39 is 0 Å². The molecule has 0 radical (unpaired) electrons. The van der Waals surface area contributed by atoms with Crippen LogP contribution in [0.2, 0.25) is 0 Å². The minimum Gasteiger partial charge on any atom is -0.366 e. The Labute approximate surface area is 112 Å². The SMILES string of the molecule is CC(C1CC1)N(C)c1ccc(CCl)cc1[N+](=O)[O-]. The first kappa shape index (κ1) is 13.1. The minimum absolute atomic E-state index is 0.142. The molecule has 1 aromatic rings. The summed E-state index contributed by atoms with van der Waals surface area (Å²) in [5, 5.41) is 11.1. The second-order valence-corrected chi connectivity index (χ2v) is 5.17. The van der Waals surface area contributed by atoms with Gasteiger partial charge in [0.25, 0.3) is 5.69 Å². The van der Waals surface area contributed by atoms with Gasteiger partial charge in [-0.25, -0.2) is 0 Å². The quantitative estimate of drug-likeness (QED) is 0.466. The molecule has 18 heavy (non-hydrogen) atoms. The van der Waals surface area contributed by atoms with E-state index >= 15 is 0 Å². The number of alkyl halides is 1. The summed E-state index contributed by atoms with van der Waals surface area (Å²) in [5.74, 6) is 0.963. The van der Waals surface area contributed by atoms with Crippen LogP contribution in [0.1, 0.15) is 25.3 Å². The van der Waals surface area contributed by atoms with Gasteiger partial charge in [0.05, 0.1) is 4.92 Å². The van der Waals surface area contributed by atoms with Gasteiger partial charge >= 0.3 is 0 Å². The summed E-state index contributed by atoms with van der Waals surface area (Å²) < 4.78 is 0. The van der Waals surface area contributed by atoms with Gasteiger partial charge in [-0.05, 0) is 37.3 Å². The third kappa shape index (κ3) is 2.58. The molecule has 0 spiro atoms. The smallest absolute Gasteiger partial charge is 0.292 e. The van der Waals surface area contributed by atoms with Gasteiger partial charge in [0, 0.05) is 25.0 Å². The number of benzene rings is 1. The molecule has 0 bridgehead atoms. The molecule has 1 fully saturated rings. The van der Waals surface area contributed by atoms with Crippen LogP contribution in [0.15, 0.2) is 18.2 Å². The van der Waals surface area contributed by atoms with Crippen molar-refractivity contribution in [1.82, 2.24) is 0 Å². The molecule has 5 heteroatoms. The zero-order chi connectivity index (χ0) is 13.3. The van der Waals surface area contributed by atoms with Crippen molar-refractivity contribution in [3.63, 3.8) is 0 Å². The molecule has 1 aromatic carbocycles. The van der Waals surface area contributed by atoms with Gasteiger partial charge in [-0.1, -0.05) is 6.07 Å². The summed E-state index contributed by atoms with van der Waals surface area (Å²) >= 11 is 5.72. The third-order valence-corrected chi connectivity index (χ3v) is 3.99. The lowest BCUT2D eigenvalue weighted by Crippen LogP contribution is -2.31. The maximum atomic E-state index is 11.1. The van der Waals surface area contributed by atoms with Gasteiger partial charge in [0.1, 0.15) is 5.69 Å². The van der Waals surface area contributed by atoms with E-state index in [0.29, 0.717) is 23.5 Å². The van der Waals surface area contributed by atoms with Crippen molar-refractivity contribution in [3.05, 3.63) is 33.9 Å². The molecule has 1 unspecified atom stereocenters. The minimum atomic E-state index is -0.332. The first-order chi connectivity index (χ1) is 8.54. The van der Waals surface area contributed by atoms with Crippen molar-refractivity contribution in [1.29, 1.82) is 0 Å². The second-order valence-electron chi connectivity index (χ2n) is 4.90. The molecule has 0 aromatic heterocycles. The molecular formula is C13H17ClN2O2. The summed E-state index contributed by atoms with van der Waals surface area (Å²) in [6.45, 7) is 2.12. The van der Waals surface area contributed by atoms with E-state index in [1.807, 2.05) is 18.0 Å². The van der Waals surface area contributed by atoms with Crippen LogP contribution in [0.3, 0.4) is 0 Å². The Morgan fingerprint density at radius 1 is 1.56 bits per heavy atom. The first-order valence-corrected chi connectivity index (χ1v) is 6.64. The molecule has 0 aliphatic heterocycles. The normalized spacial score (nSPS) is 16.4. The van der Waals surface area contributed by atoms with Gasteiger partial charge in [-0.3, -0.25) is 10.1 Å². The van der Waals surface area contributed by atoms with E-state index in [1.165, 1.54) is 12.8 Å². The van der Waals surface area contributed by atoms with Crippen LogP contribution in [0, 0.1) is 16.0 Å². The van der Waals surface area contributed by atoms with Gasteiger partial charge in [0.2, 0.25) is 0 Å². The molecule has 0 saturated heterocycles. The number of nitrogens with zero attached hydrogens (tertiary/aromatic N) is 2. The highest BCUT2D eigenvalue weighted by molar-refractivity contribution is 6.17. The monoisotopic (exact) mass is 268 g/mol. The Kier molecular flexibility index (Phi) is 3.76. The van der Waals surface area contributed by atoms with Gasteiger partial charge in [-0.2, -0.15) is 0 Å². The predicted molar refractivity (Wildman–Crippen MR) is 73.2 cm³/mol. The van der Waals surface area contributed by atoms with Crippen LogP contribution < -0.4 is 4.90 Å². The van der Waals surface area contributed by atoms with Crippen molar-refractivity contribution >= 4 is 23.0 Å². The first-order valence-electron chi connectivity index (χ1n) is 6.10. The third-order valence-electron chi connectivity index (χ3n) is 3.69. The number of halogens is 1. The van der Waals surface area contributed by atoms with Crippen LogP contribution in [-0.2, 0) is 5.88 Å². The average molecular weight is 269 g/mol. The van der Waals surface area contributed by atoms with E-state index in [-0.39, 0.29) is 10.6 Å². The Balaban J connectivity index is 2.33. The van der Waals surface area contributed by atoms with Gasteiger partial charge in [-0.15, -0.1) is 11.6 Å². The number of rotatable bonds is 5. The van der Waals surface area contributed by atoms with E-state index in [4.69, 9.17) is 11.6 Å². The summed E-state index contributed by atoms with van der Waals surface area (Å²) in [6.07, 6.45) is 2.44. The number of hydrogen-bond donors (Lipinski definition) is 0. The number of hydrogen-bond acceptors (Lipinski definition) is 3. The molecular weight excluding hydrogens is 252 g/mol. The largest absolute Gasteiger partial charge is 0.366 e. The molecule has 4 nitrogen and oxygen atoms in total. The molecule has 0 N–H and O–H groups in total. The van der Waals surface area contributed by atoms with Crippen molar-refractivity contribution in [3.8, 4) is 0 Å². The highest BCUT2D eigenvalue weighted by Gasteiger charge is 2.32. The van der Waals surface area contributed by atoms with Gasteiger partial charge in [0.15, 0.2) is 0 Å². The molecule has 1 aliphatic rings. The van der Waals surface area contributed by atoms with Crippen molar-refractivity contribution < 1.29 is 4.92 Å².